The monoisotopic (exact) mass is 281 g/mol. The highest BCUT2D eigenvalue weighted by molar-refractivity contribution is 7.99. The summed E-state index contributed by atoms with van der Waals surface area (Å²) in [5.41, 5.74) is 0. The molecule has 0 radical (unpaired) electrons. The normalized spacial score (nSPS) is 27.6. The fourth-order valence-electron chi connectivity index (χ4n) is 2.58. The summed E-state index contributed by atoms with van der Waals surface area (Å²) in [4.78, 5) is 0. The molecule has 0 aromatic carbocycles. The lowest BCUT2D eigenvalue weighted by Crippen LogP contribution is -2.23. The molecular weight excluding hydrogens is 258 g/mol. The number of hydrogen-bond acceptors (Lipinski definition) is 5. The molecule has 0 saturated heterocycles. The summed E-state index contributed by atoms with van der Waals surface area (Å²) in [5, 5.41) is 17.3. The van der Waals surface area contributed by atoms with Gasteiger partial charge in [-0.05, 0) is 54.9 Å². The average Bonchev–Trinajstić information content (AvgIpc) is 3.13. The van der Waals surface area contributed by atoms with Gasteiger partial charge in [-0.25, -0.2) is 4.68 Å². The third kappa shape index (κ3) is 3.92. The Labute approximate surface area is 118 Å². The maximum absolute atomic E-state index is 4.18. The van der Waals surface area contributed by atoms with Crippen LogP contribution in [0.2, 0.25) is 0 Å². The van der Waals surface area contributed by atoms with Crippen LogP contribution in [-0.2, 0) is 6.54 Å². The van der Waals surface area contributed by atoms with Crippen LogP contribution in [0.1, 0.15) is 45.4 Å². The van der Waals surface area contributed by atoms with Crippen molar-refractivity contribution in [2.75, 3.05) is 6.54 Å². The van der Waals surface area contributed by atoms with Crippen molar-refractivity contribution >= 4 is 11.8 Å². The van der Waals surface area contributed by atoms with Gasteiger partial charge in [-0.2, -0.15) is 0 Å². The lowest BCUT2D eigenvalue weighted by molar-refractivity contribution is 0.392. The average molecular weight is 281 g/mol. The van der Waals surface area contributed by atoms with E-state index < -0.39 is 0 Å². The topological polar surface area (TPSA) is 55.6 Å². The van der Waals surface area contributed by atoms with Crippen molar-refractivity contribution < 1.29 is 0 Å². The molecule has 1 aromatic heterocycles. The van der Waals surface area contributed by atoms with Gasteiger partial charge in [0.1, 0.15) is 0 Å². The zero-order valence-electron chi connectivity index (χ0n) is 11.6. The number of hydrogen-bond donors (Lipinski definition) is 1. The molecule has 1 N–H and O–H groups in total. The Morgan fingerprint density at radius 3 is 2.74 bits per heavy atom. The molecule has 0 aliphatic heterocycles. The molecule has 1 heterocycles. The van der Waals surface area contributed by atoms with Gasteiger partial charge in [0.25, 0.3) is 0 Å². The van der Waals surface area contributed by atoms with E-state index in [1.54, 1.807) is 0 Å². The molecule has 0 unspecified atom stereocenters. The first-order valence-electron chi connectivity index (χ1n) is 7.47. The van der Waals surface area contributed by atoms with Gasteiger partial charge in [0.15, 0.2) is 0 Å². The molecule has 106 valence electrons. The quantitative estimate of drug-likeness (QED) is 0.865. The highest BCUT2D eigenvalue weighted by atomic mass is 32.2. The van der Waals surface area contributed by atoms with E-state index in [-0.39, 0.29) is 0 Å². The highest BCUT2D eigenvalue weighted by Gasteiger charge is 2.22. The zero-order valence-corrected chi connectivity index (χ0v) is 12.4. The van der Waals surface area contributed by atoms with Crippen molar-refractivity contribution in [2.45, 2.75) is 68.4 Å². The lowest BCUT2D eigenvalue weighted by atomic mass is 9.91. The summed E-state index contributed by atoms with van der Waals surface area (Å²) in [7, 11) is 0. The maximum Gasteiger partial charge on any atom is 0.209 e. The second-order valence-electron chi connectivity index (χ2n) is 5.91. The third-order valence-corrected chi connectivity index (χ3v) is 5.38. The van der Waals surface area contributed by atoms with Crippen LogP contribution in [0.4, 0.5) is 0 Å². The number of tetrazole rings is 1. The van der Waals surface area contributed by atoms with E-state index >= 15 is 0 Å². The van der Waals surface area contributed by atoms with Crippen molar-refractivity contribution in [1.82, 2.24) is 25.5 Å². The van der Waals surface area contributed by atoms with E-state index in [0.29, 0.717) is 5.25 Å². The van der Waals surface area contributed by atoms with Crippen molar-refractivity contribution in [3.63, 3.8) is 0 Å². The van der Waals surface area contributed by atoms with Crippen molar-refractivity contribution in [3.05, 3.63) is 0 Å². The molecule has 2 aliphatic rings. The molecule has 2 saturated carbocycles. The summed E-state index contributed by atoms with van der Waals surface area (Å²) in [6.07, 6.45) is 7.97. The standard InChI is InChI=1S/C13H23N5S/c1-10-2-6-12(7-3-10)19-13-15-16-17-18(13)9-8-14-11-4-5-11/h10-12,14H,2-9H2,1H3. The van der Waals surface area contributed by atoms with Crippen molar-refractivity contribution in [3.8, 4) is 0 Å². The van der Waals surface area contributed by atoms with Gasteiger partial charge < -0.3 is 5.32 Å². The minimum atomic E-state index is 0.706. The summed E-state index contributed by atoms with van der Waals surface area (Å²) in [6.45, 7) is 4.22. The van der Waals surface area contributed by atoms with E-state index in [9.17, 15) is 0 Å². The molecule has 2 fully saturated rings. The van der Waals surface area contributed by atoms with Crippen LogP contribution in [-0.4, -0.2) is 38.0 Å². The SMILES string of the molecule is CC1CCC(Sc2nnnn2CCNC2CC2)CC1. The Morgan fingerprint density at radius 2 is 2.00 bits per heavy atom. The number of rotatable bonds is 6. The predicted molar refractivity (Wildman–Crippen MR) is 76.1 cm³/mol. The summed E-state index contributed by atoms with van der Waals surface area (Å²) >= 11 is 1.87. The van der Waals surface area contributed by atoms with Crippen LogP contribution in [0.15, 0.2) is 5.16 Å². The Balaban J connectivity index is 1.48. The molecule has 2 aliphatic carbocycles. The molecule has 5 nitrogen and oxygen atoms in total. The number of thioether (sulfide) groups is 1. The second kappa shape index (κ2) is 6.22. The lowest BCUT2D eigenvalue weighted by Gasteiger charge is -2.24. The van der Waals surface area contributed by atoms with Gasteiger partial charge in [0.05, 0.1) is 6.54 Å². The number of aromatic nitrogens is 4. The Hall–Kier alpha value is -0.620. The van der Waals surface area contributed by atoms with Gasteiger partial charge in [-0.3, -0.25) is 0 Å². The number of nitrogens with zero attached hydrogens (tertiary/aromatic N) is 4. The van der Waals surface area contributed by atoms with E-state index in [0.717, 1.165) is 30.2 Å². The summed E-state index contributed by atoms with van der Waals surface area (Å²) in [6, 6.07) is 0.757. The van der Waals surface area contributed by atoms with Crippen LogP contribution < -0.4 is 5.32 Å². The van der Waals surface area contributed by atoms with Crippen LogP contribution in [0.5, 0.6) is 0 Å². The Kier molecular flexibility index (Phi) is 4.38. The third-order valence-electron chi connectivity index (χ3n) is 4.07. The number of nitrogens with one attached hydrogen (secondary N) is 1. The first-order valence-corrected chi connectivity index (χ1v) is 8.35. The minimum absolute atomic E-state index is 0.706. The van der Waals surface area contributed by atoms with Crippen LogP contribution >= 0.6 is 11.8 Å². The largest absolute Gasteiger partial charge is 0.312 e. The zero-order chi connectivity index (χ0) is 13.1. The van der Waals surface area contributed by atoms with Gasteiger partial charge in [-0.1, -0.05) is 18.7 Å². The first kappa shape index (κ1) is 13.4. The van der Waals surface area contributed by atoms with Gasteiger partial charge >= 0.3 is 0 Å². The van der Waals surface area contributed by atoms with Gasteiger partial charge in [0, 0.05) is 17.8 Å². The van der Waals surface area contributed by atoms with E-state index in [2.05, 4.69) is 27.8 Å². The second-order valence-corrected chi connectivity index (χ2v) is 7.18. The highest BCUT2D eigenvalue weighted by Crippen LogP contribution is 2.34. The van der Waals surface area contributed by atoms with Crippen LogP contribution in [0.25, 0.3) is 0 Å². The molecule has 0 amide bonds. The fraction of sp³-hybridized carbons (Fsp3) is 0.923. The fourth-order valence-corrected chi connectivity index (χ4v) is 3.72. The molecule has 6 heteroatoms. The molecule has 0 atom stereocenters. The van der Waals surface area contributed by atoms with Gasteiger partial charge in [-0.15, -0.1) is 5.10 Å². The Bertz CT molecular complexity index is 395. The van der Waals surface area contributed by atoms with Crippen LogP contribution in [0, 0.1) is 5.92 Å². The first-order chi connectivity index (χ1) is 9.31. The molecule has 19 heavy (non-hydrogen) atoms. The summed E-state index contributed by atoms with van der Waals surface area (Å²) < 4.78 is 1.96. The van der Waals surface area contributed by atoms with E-state index in [1.165, 1.54) is 38.5 Å². The van der Waals surface area contributed by atoms with Crippen LogP contribution in [0.3, 0.4) is 0 Å². The van der Waals surface area contributed by atoms with Crippen molar-refractivity contribution in [2.24, 2.45) is 5.92 Å². The minimum Gasteiger partial charge on any atom is -0.312 e. The van der Waals surface area contributed by atoms with E-state index in [1.807, 2.05) is 16.4 Å². The molecule has 0 bridgehead atoms. The molecule has 1 aromatic rings. The molecule has 3 rings (SSSR count). The maximum atomic E-state index is 4.18. The van der Waals surface area contributed by atoms with E-state index in [4.69, 9.17) is 0 Å². The molecular formula is C13H23N5S. The summed E-state index contributed by atoms with van der Waals surface area (Å²) in [5.74, 6) is 0.899. The molecule has 0 spiro atoms. The smallest absolute Gasteiger partial charge is 0.209 e. The predicted octanol–water partition coefficient (Wildman–Crippen LogP) is 2.10. The Morgan fingerprint density at radius 1 is 1.21 bits per heavy atom. The van der Waals surface area contributed by atoms with Crippen molar-refractivity contribution in [1.29, 1.82) is 0 Å². The van der Waals surface area contributed by atoms with Gasteiger partial charge in [0.2, 0.25) is 5.16 Å².